The molecule has 0 saturated carbocycles. The largest absolute Gasteiger partial charge is 0.463 e. The number of anilines is 1. The summed E-state index contributed by atoms with van der Waals surface area (Å²) < 4.78 is 8.11. The normalized spacial score (nSPS) is 17.7. The highest BCUT2D eigenvalue weighted by atomic mass is 79.9. The van der Waals surface area contributed by atoms with Gasteiger partial charge in [0.2, 0.25) is 0 Å². The van der Waals surface area contributed by atoms with Crippen molar-refractivity contribution < 1.29 is 14.3 Å². The van der Waals surface area contributed by atoms with Crippen molar-refractivity contribution in [3.8, 4) is 0 Å². The Balaban J connectivity index is 1.82. The summed E-state index contributed by atoms with van der Waals surface area (Å²) in [5, 5.41) is 2.86. The number of allylic oxidation sites excluding steroid dienone is 1. The molecule has 3 heterocycles. The zero-order chi connectivity index (χ0) is 27.1. The molecule has 3 aromatic rings. The number of carbonyl (C=O) groups is 2. The number of esters is 1. The molecule has 5 rings (SSSR count). The summed E-state index contributed by atoms with van der Waals surface area (Å²) in [6, 6.07) is 12.7. The average Bonchev–Trinajstić information content (AvgIpc) is 3.38. The zero-order valence-corrected chi connectivity index (χ0v) is 24.0. The number of thiazole rings is 1. The van der Waals surface area contributed by atoms with Gasteiger partial charge in [0.15, 0.2) is 4.80 Å². The summed E-state index contributed by atoms with van der Waals surface area (Å²) in [6.07, 6.45) is 1.33. The Morgan fingerprint density at radius 2 is 1.89 bits per heavy atom. The van der Waals surface area contributed by atoms with Gasteiger partial charge < -0.3 is 10.1 Å². The Morgan fingerprint density at radius 3 is 2.55 bits per heavy atom. The molecule has 196 valence electrons. The Kier molecular flexibility index (Phi) is 7.24. The molecular weight excluding hydrogens is 566 g/mol. The van der Waals surface area contributed by atoms with Crippen LogP contribution in [-0.4, -0.2) is 23.1 Å². The highest BCUT2D eigenvalue weighted by Crippen LogP contribution is 2.35. The van der Waals surface area contributed by atoms with Crippen LogP contribution < -0.4 is 20.2 Å². The van der Waals surface area contributed by atoms with Crippen LogP contribution in [0.3, 0.4) is 0 Å². The number of fused-ring (bicyclic) bond motifs is 2. The molecule has 0 aliphatic carbocycles. The maximum absolute atomic E-state index is 14.1. The van der Waals surface area contributed by atoms with E-state index in [1.54, 1.807) is 17.6 Å². The van der Waals surface area contributed by atoms with Gasteiger partial charge in [-0.2, -0.15) is 0 Å². The third-order valence-electron chi connectivity index (χ3n) is 6.74. The van der Waals surface area contributed by atoms with E-state index in [2.05, 4.69) is 35.1 Å². The van der Waals surface area contributed by atoms with Crippen molar-refractivity contribution in [1.29, 1.82) is 0 Å². The minimum Gasteiger partial charge on any atom is -0.463 e. The van der Waals surface area contributed by atoms with E-state index in [0.717, 1.165) is 22.0 Å². The van der Waals surface area contributed by atoms with Crippen molar-refractivity contribution in [3.05, 3.63) is 94.6 Å². The van der Waals surface area contributed by atoms with Gasteiger partial charge in [-0.15, -0.1) is 0 Å². The maximum Gasteiger partial charge on any atom is 0.338 e. The quantitative estimate of drug-likeness (QED) is 0.416. The number of hydrogen-bond acceptors (Lipinski definition) is 6. The molecule has 1 N–H and O–H groups in total. The number of hydrogen-bond donors (Lipinski definition) is 1. The zero-order valence-electron chi connectivity index (χ0n) is 21.6. The van der Waals surface area contributed by atoms with Crippen LogP contribution in [0.1, 0.15) is 69.2 Å². The number of nitrogens with zero attached hydrogens (tertiary/aromatic N) is 2. The lowest BCUT2D eigenvalue weighted by Crippen LogP contribution is -2.40. The van der Waals surface area contributed by atoms with Gasteiger partial charge in [0.25, 0.3) is 11.5 Å². The molecule has 0 spiro atoms. The van der Waals surface area contributed by atoms with Crippen molar-refractivity contribution in [3.63, 3.8) is 0 Å². The van der Waals surface area contributed by atoms with Crippen LogP contribution in [0.15, 0.2) is 68.0 Å². The number of benzene rings is 2. The second-order valence-electron chi connectivity index (χ2n) is 9.57. The Labute approximate surface area is 232 Å². The van der Waals surface area contributed by atoms with Gasteiger partial charge in [-0.1, -0.05) is 78.7 Å². The maximum atomic E-state index is 14.1. The fraction of sp³-hybridized carbons (Fsp3) is 0.310. The van der Waals surface area contributed by atoms with Crippen LogP contribution >= 0.6 is 27.3 Å². The number of amides is 1. The molecule has 2 aliphatic rings. The summed E-state index contributed by atoms with van der Waals surface area (Å²) >= 11 is 4.65. The first-order valence-electron chi connectivity index (χ1n) is 12.7. The van der Waals surface area contributed by atoms with Crippen LogP contribution in [0, 0.1) is 0 Å². The van der Waals surface area contributed by atoms with E-state index >= 15 is 0 Å². The monoisotopic (exact) mass is 593 g/mol. The van der Waals surface area contributed by atoms with Crippen LogP contribution in [0.25, 0.3) is 5.57 Å². The van der Waals surface area contributed by atoms with E-state index < -0.39 is 12.0 Å². The molecule has 7 nitrogen and oxygen atoms in total. The number of nitrogens with one attached hydrogen (secondary N) is 1. The number of ether oxygens (including phenoxy) is 1. The Bertz CT molecular complexity index is 1660. The van der Waals surface area contributed by atoms with Crippen molar-refractivity contribution in [1.82, 2.24) is 4.57 Å². The van der Waals surface area contributed by atoms with Crippen LogP contribution in [0.4, 0.5) is 5.69 Å². The minimum absolute atomic E-state index is 0.209. The molecule has 1 atom stereocenters. The molecule has 0 fully saturated rings. The van der Waals surface area contributed by atoms with E-state index in [1.807, 2.05) is 43.3 Å². The Hall–Kier alpha value is -3.30. The molecule has 0 unspecified atom stereocenters. The molecule has 38 heavy (non-hydrogen) atoms. The predicted octanol–water partition coefficient (Wildman–Crippen LogP) is 4.79. The van der Waals surface area contributed by atoms with E-state index in [1.165, 1.54) is 11.3 Å². The second-order valence-corrected chi connectivity index (χ2v) is 11.5. The van der Waals surface area contributed by atoms with Gasteiger partial charge in [-0.05, 0) is 48.6 Å². The number of halogens is 1. The van der Waals surface area contributed by atoms with Crippen molar-refractivity contribution in [2.24, 2.45) is 4.99 Å². The molecule has 2 aliphatic heterocycles. The van der Waals surface area contributed by atoms with Gasteiger partial charge in [0, 0.05) is 15.7 Å². The van der Waals surface area contributed by atoms with Crippen LogP contribution in [0.5, 0.6) is 0 Å². The molecule has 0 bridgehead atoms. The number of aromatic nitrogens is 1. The third kappa shape index (κ3) is 4.47. The summed E-state index contributed by atoms with van der Waals surface area (Å²) in [6.45, 7) is 8.22. The first-order valence-corrected chi connectivity index (χ1v) is 14.3. The van der Waals surface area contributed by atoms with Gasteiger partial charge in [0.05, 0.1) is 29.5 Å². The smallest absolute Gasteiger partial charge is 0.338 e. The summed E-state index contributed by atoms with van der Waals surface area (Å²) in [7, 11) is 0. The van der Waals surface area contributed by atoms with E-state index in [9.17, 15) is 14.4 Å². The number of carbonyl (C=O) groups excluding carboxylic acids is 2. The van der Waals surface area contributed by atoms with Crippen molar-refractivity contribution in [2.45, 2.75) is 52.5 Å². The topological polar surface area (TPSA) is 89.8 Å². The molecule has 1 amide bonds. The lowest BCUT2D eigenvalue weighted by atomic mass is 9.92. The fourth-order valence-corrected chi connectivity index (χ4v) is 6.39. The van der Waals surface area contributed by atoms with E-state index in [-0.39, 0.29) is 18.1 Å². The lowest BCUT2D eigenvalue weighted by Gasteiger charge is -2.26. The van der Waals surface area contributed by atoms with Crippen molar-refractivity contribution in [2.75, 3.05) is 11.9 Å². The molecule has 0 radical (unpaired) electrons. The average molecular weight is 595 g/mol. The minimum atomic E-state index is -0.714. The van der Waals surface area contributed by atoms with Gasteiger partial charge in [-0.3, -0.25) is 14.2 Å². The first kappa shape index (κ1) is 26.3. The molecular formula is C29H28BrN3O4S. The molecule has 0 saturated heterocycles. The molecule has 9 heteroatoms. The summed E-state index contributed by atoms with van der Waals surface area (Å²) in [5.41, 5.74) is 4.19. The summed E-state index contributed by atoms with van der Waals surface area (Å²) in [4.78, 5) is 45.8. The van der Waals surface area contributed by atoms with Gasteiger partial charge >= 0.3 is 5.97 Å². The lowest BCUT2D eigenvalue weighted by molar-refractivity contribution is -0.139. The van der Waals surface area contributed by atoms with Crippen LogP contribution in [0.2, 0.25) is 0 Å². The van der Waals surface area contributed by atoms with Gasteiger partial charge in [0.1, 0.15) is 4.53 Å². The van der Waals surface area contributed by atoms with Crippen molar-refractivity contribution >= 4 is 50.4 Å². The van der Waals surface area contributed by atoms with E-state index in [0.29, 0.717) is 49.8 Å². The Morgan fingerprint density at radius 1 is 1.16 bits per heavy atom. The molecule has 2 aromatic carbocycles. The molecule has 1 aromatic heterocycles. The predicted molar refractivity (Wildman–Crippen MR) is 152 cm³/mol. The SMILES string of the molecule is CCCC1=C(C(=O)OCC)[C@@H](c2ccc(C(C)C)cc2)n2c(s/c(=C3\C(=O)Nc4ccc(Br)cc43)c2=O)=N1. The van der Waals surface area contributed by atoms with E-state index in [4.69, 9.17) is 9.73 Å². The fourth-order valence-electron chi connectivity index (χ4n) is 4.91. The number of rotatable bonds is 6. The standard InChI is InChI=1S/C29H28BrN3O4S/c1-5-7-21-23(28(36)37-6-2)24(17-10-8-16(9-11-17)15(3)4)33-27(35)25(38-29(33)32-21)22-19-14-18(30)12-13-20(19)31-26(22)34/h8-15,24H,5-7H2,1-4H3,(H,31,34)/b25-22-/t24-/m1/s1. The highest BCUT2D eigenvalue weighted by molar-refractivity contribution is 9.10. The second kappa shape index (κ2) is 10.5. The highest BCUT2D eigenvalue weighted by Gasteiger charge is 2.36. The van der Waals surface area contributed by atoms with Gasteiger partial charge in [-0.25, -0.2) is 9.79 Å². The third-order valence-corrected chi connectivity index (χ3v) is 8.29. The first-order chi connectivity index (χ1) is 18.2. The summed E-state index contributed by atoms with van der Waals surface area (Å²) in [5.74, 6) is -0.480. The van der Waals surface area contributed by atoms with Crippen LogP contribution in [-0.2, 0) is 14.3 Å².